The van der Waals surface area contributed by atoms with E-state index in [0.29, 0.717) is 28.4 Å². The Hall–Kier alpha value is -3.84. The first-order valence-corrected chi connectivity index (χ1v) is 9.50. The molecule has 7 heteroatoms. The maximum atomic E-state index is 13.2. The maximum absolute atomic E-state index is 13.2. The van der Waals surface area contributed by atoms with Crippen molar-refractivity contribution in [3.05, 3.63) is 65.7 Å². The third-order valence-corrected chi connectivity index (χ3v) is 5.22. The van der Waals surface area contributed by atoms with E-state index in [9.17, 15) is 9.59 Å². The van der Waals surface area contributed by atoms with Crippen LogP contribution >= 0.6 is 0 Å². The van der Waals surface area contributed by atoms with Crippen LogP contribution in [0.4, 0.5) is 0 Å². The van der Waals surface area contributed by atoms with Crippen molar-refractivity contribution in [1.82, 2.24) is 5.06 Å². The molecule has 0 N–H and O–H groups in total. The Kier molecular flexibility index (Phi) is 5.35. The van der Waals surface area contributed by atoms with Crippen LogP contribution in [0.5, 0.6) is 17.2 Å². The van der Waals surface area contributed by atoms with Crippen molar-refractivity contribution >= 4 is 33.7 Å². The van der Waals surface area contributed by atoms with Crippen LogP contribution in [0, 0.1) is 0 Å². The molecule has 0 bridgehead atoms. The van der Waals surface area contributed by atoms with E-state index >= 15 is 0 Å². The number of imide groups is 1. The number of amides is 2. The number of fused-ring (bicyclic) bond motifs is 1. The summed E-state index contributed by atoms with van der Waals surface area (Å²) < 4.78 is 16.2. The van der Waals surface area contributed by atoms with Gasteiger partial charge in [0.15, 0.2) is 11.5 Å². The Labute approximate surface area is 179 Å². The van der Waals surface area contributed by atoms with Gasteiger partial charge < -0.3 is 14.2 Å². The summed E-state index contributed by atoms with van der Waals surface area (Å²) in [5, 5.41) is 2.73. The van der Waals surface area contributed by atoms with Crippen LogP contribution in [0.25, 0.3) is 21.9 Å². The van der Waals surface area contributed by atoms with E-state index in [1.54, 1.807) is 12.1 Å². The molecule has 1 aliphatic rings. The highest BCUT2D eigenvalue weighted by Crippen LogP contribution is 2.43. The molecule has 1 aliphatic heterocycles. The van der Waals surface area contributed by atoms with Gasteiger partial charge in [-0.1, -0.05) is 36.4 Å². The lowest BCUT2D eigenvalue weighted by Crippen LogP contribution is -2.30. The molecule has 3 aromatic carbocycles. The monoisotopic (exact) mass is 419 g/mol. The molecule has 0 spiro atoms. The SMILES string of the molecule is COc1cc(C2=C(c3ccc4ccccc4c3)C(=O)N(OC)C2=O)cc(OC)c1OC. The fraction of sp³-hybridized carbons (Fsp3) is 0.167. The molecule has 0 aliphatic carbocycles. The van der Waals surface area contributed by atoms with E-state index < -0.39 is 11.8 Å². The van der Waals surface area contributed by atoms with Crippen LogP contribution < -0.4 is 14.2 Å². The number of ether oxygens (including phenoxy) is 3. The van der Waals surface area contributed by atoms with Crippen molar-refractivity contribution in [3.63, 3.8) is 0 Å². The van der Waals surface area contributed by atoms with E-state index in [1.807, 2.05) is 42.5 Å². The summed E-state index contributed by atoms with van der Waals surface area (Å²) in [4.78, 5) is 31.4. The third-order valence-electron chi connectivity index (χ3n) is 5.22. The molecule has 31 heavy (non-hydrogen) atoms. The van der Waals surface area contributed by atoms with Gasteiger partial charge in [-0.05, 0) is 40.1 Å². The van der Waals surface area contributed by atoms with Crippen molar-refractivity contribution in [2.24, 2.45) is 0 Å². The van der Waals surface area contributed by atoms with Gasteiger partial charge in [0.1, 0.15) is 0 Å². The van der Waals surface area contributed by atoms with E-state index in [0.717, 1.165) is 15.8 Å². The Morgan fingerprint density at radius 3 is 1.77 bits per heavy atom. The molecule has 0 atom stereocenters. The van der Waals surface area contributed by atoms with Crippen LogP contribution in [0.2, 0.25) is 0 Å². The van der Waals surface area contributed by atoms with Crippen LogP contribution in [0.15, 0.2) is 54.6 Å². The van der Waals surface area contributed by atoms with E-state index in [4.69, 9.17) is 19.0 Å². The second kappa shape index (κ2) is 8.12. The molecule has 4 rings (SSSR count). The number of hydroxylamine groups is 2. The largest absolute Gasteiger partial charge is 0.493 e. The second-order valence-electron chi connectivity index (χ2n) is 6.81. The molecule has 0 radical (unpaired) electrons. The highest BCUT2D eigenvalue weighted by atomic mass is 16.7. The molecule has 0 fully saturated rings. The number of carbonyl (C=O) groups excluding carboxylic acids is 2. The summed E-state index contributed by atoms with van der Waals surface area (Å²) in [7, 11) is 5.76. The Bertz CT molecular complexity index is 1200. The van der Waals surface area contributed by atoms with Gasteiger partial charge in [0, 0.05) is 0 Å². The quantitative estimate of drug-likeness (QED) is 0.567. The van der Waals surface area contributed by atoms with Gasteiger partial charge in [0.05, 0.1) is 39.6 Å². The number of nitrogens with zero attached hydrogens (tertiary/aromatic N) is 1. The van der Waals surface area contributed by atoms with E-state index in [1.165, 1.54) is 28.4 Å². The number of benzene rings is 3. The fourth-order valence-corrected chi connectivity index (χ4v) is 3.78. The zero-order valence-corrected chi connectivity index (χ0v) is 17.6. The molecule has 7 nitrogen and oxygen atoms in total. The molecule has 0 saturated heterocycles. The van der Waals surface area contributed by atoms with E-state index in [2.05, 4.69) is 0 Å². The fourth-order valence-electron chi connectivity index (χ4n) is 3.78. The highest BCUT2D eigenvalue weighted by molar-refractivity contribution is 6.48. The highest BCUT2D eigenvalue weighted by Gasteiger charge is 2.41. The van der Waals surface area contributed by atoms with Crippen LogP contribution in [-0.2, 0) is 14.4 Å². The topological polar surface area (TPSA) is 74.3 Å². The van der Waals surface area contributed by atoms with Gasteiger partial charge in [-0.15, -0.1) is 5.06 Å². The van der Waals surface area contributed by atoms with Crippen molar-refractivity contribution in [2.75, 3.05) is 28.4 Å². The lowest BCUT2D eigenvalue weighted by atomic mass is 9.94. The summed E-state index contributed by atoms with van der Waals surface area (Å²) in [5.41, 5.74) is 1.50. The van der Waals surface area contributed by atoms with Crippen LogP contribution in [0.1, 0.15) is 11.1 Å². The summed E-state index contributed by atoms with van der Waals surface area (Å²) in [6.45, 7) is 0. The zero-order chi connectivity index (χ0) is 22.1. The van der Waals surface area contributed by atoms with Gasteiger partial charge in [-0.2, -0.15) is 0 Å². The minimum atomic E-state index is -0.565. The number of hydrogen-bond acceptors (Lipinski definition) is 6. The molecule has 158 valence electrons. The standard InChI is InChI=1S/C24H21NO6/c1-28-18-12-17(13-19(29-2)22(18)30-3)21-20(23(26)25(31-4)24(21)27)16-10-9-14-7-5-6-8-15(14)11-16/h5-13H,1-4H3. The molecule has 1 heterocycles. The van der Waals surface area contributed by atoms with Crippen molar-refractivity contribution in [2.45, 2.75) is 0 Å². The first-order chi connectivity index (χ1) is 15.0. The van der Waals surface area contributed by atoms with Crippen molar-refractivity contribution in [3.8, 4) is 17.2 Å². The lowest BCUT2D eigenvalue weighted by molar-refractivity contribution is -0.176. The second-order valence-corrected chi connectivity index (χ2v) is 6.81. The average molecular weight is 419 g/mol. The number of carbonyl (C=O) groups is 2. The van der Waals surface area contributed by atoms with Gasteiger partial charge in [0.25, 0.3) is 11.8 Å². The molecule has 0 aromatic heterocycles. The Balaban J connectivity index is 2.00. The smallest absolute Gasteiger partial charge is 0.286 e. The predicted octanol–water partition coefficient (Wildman–Crippen LogP) is 3.71. The van der Waals surface area contributed by atoms with Gasteiger partial charge >= 0.3 is 0 Å². The van der Waals surface area contributed by atoms with Gasteiger partial charge in [-0.3, -0.25) is 14.4 Å². The average Bonchev–Trinajstić information content (AvgIpc) is 3.06. The molecule has 3 aromatic rings. The van der Waals surface area contributed by atoms with Gasteiger partial charge in [0.2, 0.25) is 5.75 Å². The summed E-state index contributed by atoms with van der Waals surface area (Å²) in [6.07, 6.45) is 0. The molecule has 2 amide bonds. The van der Waals surface area contributed by atoms with Crippen molar-refractivity contribution < 1.29 is 28.6 Å². The minimum Gasteiger partial charge on any atom is -0.493 e. The summed E-state index contributed by atoms with van der Waals surface area (Å²) >= 11 is 0. The first-order valence-electron chi connectivity index (χ1n) is 9.50. The zero-order valence-electron chi connectivity index (χ0n) is 17.6. The maximum Gasteiger partial charge on any atom is 0.286 e. The molecular weight excluding hydrogens is 398 g/mol. The lowest BCUT2D eigenvalue weighted by Gasteiger charge is -2.15. The summed E-state index contributed by atoms with van der Waals surface area (Å²) in [6, 6.07) is 16.7. The van der Waals surface area contributed by atoms with Crippen molar-refractivity contribution in [1.29, 1.82) is 0 Å². The minimum absolute atomic E-state index is 0.196. The Morgan fingerprint density at radius 2 is 1.23 bits per heavy atom. The van der Waals surface area contributed by atoms with Crippen LogP contribution in [0.3, 0.4) is 0 Å². The van der Waals surface area contributed by atoms with Crippen LogP contribution in [-0.4, -0.2) is 45.3 Å². The number of hydrogen-bond donors (Lipinski definition) is 0. The predicted molar refractivity (Wildman–Crippen MR) is 116 cm³/mol. The van der Waals surface area contributed by atoms with E-state index in [-0.39, 0.29) is 11.1 Å². The van der Waals surface area contributed by atoms with Gasteiger partial charge in [-0.25, -0.2) is 0 Å². The first kappa shape index (κ1) is 20.4. The Morgan fingerprint density at radius 1 is 0.645 bits per heavy atom. The number of methoxy groups -OCH3 is 3. The normalized spacial score (nSPS) is 13.9. The molecule has 0 unspecified atom stereocenters. The third kappa shape index (κ3) is 3.29. The number of rotatable bonds is 6. The summed E-state index contributed by atoms with van der Waals surface area (Å²) in [5.74, 6) is 0.0371. The molecule has 0 saturated carbocycles. The molecular formula is C24H21NO6.